The summed E-state index contributed by atoms with van der Waals surface area (Å²) < 4.78 is 12.5. The Balaban J connectivity index is 2.07. The molecule has 1 aromatic heterocycles. The van der Waals surface area contributed by atoms with Crippen LogP contribution in [0, 0.1) is 0 Å². The minimum Gasteiger partial charge on any atom is -0.477 e. The normalized spacial score (nSPS) is 12.7. The fourth-order valence-electron chi connectivity index (χ4n) is 2.43. The minimum atomic E-state index is -0.912. The van der Waals surface area contributed by atoms with Crippen LogP contribution >= 0.6 is 0 Å². The zero-order valence-corrected chi connectivity index (χ0v) is 11.1. The van der Waals surface area contributed by atoms with Crippen LogP contribution in [-0.4, -0.2) is 22.4 Å². The van der Waals surface area contributed by atoms with Crippen molar-refractivity contribution in [2.24, 2.45) is 0 Å². The Hall–Kier alpha value is -2.43. The lowest BCUT2D eigenvalue weighted by Crippen LogP contribution is -2.09. The molecule has 0 radical (unpaired) electrons. The maximum Gasteiger partial charge on any atom is 0.352 e. The number of benzene rings is 1. The van der Waals surface area contributed by atoms with E-state index in [9.17, 15) is 9.90 Å². The van der Waals surface area contributed by atoms with Crippen LogP contribution in [0.15, 0.2) is 30.3 Å². The van der Waals surface area contributed by atoms with Crippen LogP contribution in [0.5, 0.6) is 11.5 Å². The van der Waals surface area contributed by atoms with Gasteiger partial charge in [0, 0.05) is 17.8 Å². The van der Waals surface area contributed by atoms with Crippen LogP contribution in [0.25, 0.3) is 11.3 Å². The van der Waals surface area contributed by atoms with E-state index in [1.807, 2.05) is 35.8 Å². The van der Waals surface area contributed by atoms with E-state index in [1.165, 1.54) is 0 Å². The monoisotopic (exact) mass is 273 g/mol. The van der Waals surface area contributed by atoms with Crippen molar-refractivity contribution in [1.82, 2.24) is 4.57 Å². The fraction of sp³-hybridized carbons (Fsp3) is 0.267. The first-order valence-corrected chi connectivity index (χ1v) is 6.53. The van der Waals surface area contributed by atoms with Gasteiger partial charge in [-0.1, -0.05) is 6.92 Å². The molecule has 20 heavy (non-hydrogen) atoms. The van der Waals surface area contributed by atoms with E-state index in [0.29, 0.717) is 18.0 Å². The first-order chi connectivity index (χ1) is 9.70. The van der Waals surface area contributed by atoms with Crippen molar-refractivity contribution in [1.29, 1.82) is 0 Å². The molecule has 0 saturated carbocycles. The topological polar surface area (TPSA) is 60.7 Å². The van der Waals surface area contributed by atoms with E-state index in [0.717, 1.165) is 23.4 Å². The molecule has 1 aromatic carbocycles. The van der Waals surface area contributed by atoms with Crippen LogP contribution in [0.3, 0.4) is 0 Å². The average Bonchev–Trinajstić information content (AvgIpc) is 3.04. The highest BCUT2D eigenvalue weighted by atomic mass is 16.7. The molecule has 0 saturated heterocycles. The van der Waals surface area contributed by atoms with Gasteiger partial charge in [0.1, 0.15) is 5.69 Å². The van der Waals surface area contributed by atoms with Crippen molar-refractivity contribution in [3.63, 3.8) is 0 Å². The first kappa shape index (κ1) is 12.6. The Morgan fingerprint density at radius 1 is 1.25 bits per heavy atom. The highest BCUT2D eigenvalue weighted by molar-refractivity contribution is 5.87. The molecule has 3 rings (SSSR count). The number of carbonyl (C=O) groups is 1. The van der Waals surface area contributed by atoms with Crippen LogP contribution < -0.4 is 9.47 Å². The van der Waals surface area contributed by atoms with Crippen LogP contribution in [0.2, 0.25) is 0 Å². The second-order valence-electron chi connectivity index (χ2n) is 4.63. The summed E-state index contributed by atoms with van der Waals surface area (Å²) in [6.45, 7) is 2.92. The molecule has 1 N–H and O–H groups in total. The van der Waals surface area contributed by atoms with Crippen LogP contribution in [0.1, 0.15) is 23.8 Å². The van der Waals surface area contributed by atoms with Crippen molar-refractivity contribution in [3.05, 3.63) is 36.0 Å². The number of ether oxygens (including phenoxy) is 2. The number of fused-ring (bicyclic) bond motifs is 1. The summed E-state index contributed by atoms with van der Waals surface area (Å²) in [4.78, 5) is 11.3. The molecule has 104 valence electrons. The Morgan fingerprint density at radius 2 is 2.05 bits per heavy atom. The van der Waals surface area contributed by atoms with Gasteiger partial charge in [0.15, 0.2) is 11.5 Å². The smallest absolute Gasteiger partial charge is 0.352 e. The van der Waals surface area contributed by atoms with Gasteiger partial charge >= 0.3 is 5.97 Å². The Kier molecular flexibility index (Phi) is 3.10. The van der Waals surface area contributed by atoms with E-state index in [2.05, 4.69) is 0 Å². The third kappa shape index (κ3) is 2.01. The summed E-state index contributed by atoms with van der Waals surface area (Å²) in [5, 5.41) is 9.24. The number of nitrogens with zero attached hydrogens (tertiary/aromatic N) is 1. The van der Waals surface area contributed by atoms with Gasteiger partial charge in [-0.2, -0.15) is 0 Å². The van der Waals surface area contributed by atoms with Crippen molar-refractivity contribution in [2.45, 2.75) is 19.9 Å². The van der Waals surface area contributed by atoms with E-state index in [1.54, 1.807) is 6.07 Å². The Morgan fingerprint density at radius 3 is 2.80 bits per heavy atom. The zero-order valence-electron chi connectivity index (χ0n) is 11.1. The lowest BCUT2D eigenvalue weighted by Gasteiger charge is -2.11. The number of carboxylic acid groups (broad SMARTS) is 1. The van der Waals surface area contributed by atoms with Gasteiger partial charge in [-0.05, 0) is 36.8 Å². The predicted octanol–water partition coefficient (Wildman–Crippen LogP) is 2.99. The molecule has 0 bridgehead atoms. The number of hydrogen-bond donors (Lipinski definition) is 1. The molecular formula is C15H15NO4. The number of carboxylic acids is 1. The second kappa shape index (κ2) is 4.92. The van der Waals surface area contributed by atoms with Gasteiger partial charge in [-0.3, -0.25) is 0 Å². The summed E-state index contributed by atoms with van der Waals surface area (Å²) in [7, 11) is 0. The van der Waals surface area contributed by atoms with Crippen molar-refractivity contribution < 1.29 is 19.4 Å². The number of hydrogen-bond acceptors (Lipinski definition) is 3. The quantitative estimate of drug-likeness (QED) is 0.930. The van der Waals surface area contributed by atoms with Gasteiger partial charge in [0.05, 0.1) is 0 Å². The maximum atomic E-state index is 11.3. The zero-order chi connectivity index (χ0) is 14.1. The number of aromatic nitrogens is 1. The fourth-order valence-corrected chi connectivity index (χ4v) is 2.43. The third-order valence-electron chi connectivity index (χ3n) is 3.32. The highest BCUT2D eigenvalue weighted by Crippen LogP contribution is 2.36. The number of rotatable bonds is 4. The molecule has 5 nitrogen and oxygen atoms in total. The molecule has 0 fully saturated rings. The van der Waals surface area contributed by atoms with E-state index in [-0.39, 0.29) is 6.79 Å². The number of aromatic carboxylic acids is 1. The average molecular weight is 273 g/mol. The van der Waals surface area contributed by atoms with Crippen LogP contribution in [-0.2, 0) is 6.54 Å². The summed E-state index contributed by atoms with van der Waals surface area (Å²) in [6.07, 6.45) is 0.868. The summed E-state index contributed by atoms with van der Waals surface area (Å²) in [6, 6.07) is 9.12. The van der Waals surface area contributed by atoms with Crippen molar-refractivity contribution in [2.75, 3.05) is 6.79 Å². The molecular weight excluding hydrogens is 258 g/mol. The molecule has 0 atom stereocenters. The summed E-state index contributed by atoms with van der Waals surface area (Å²) in [5.41, 5.74) is 2.11. The standard InChI is InChI=1S/C15H15NO4/c1-2-7-16-11(4-5-12(16)15(17)18)10-3-6-13-14(8-10)20-9-19-13/h3-6,8H,2,7,9H2,1H3,(H,17,18). The molecule has 0 amide bonds. The molecule has 5 heteroatoms. The predicted molar refractivity (Wildman–Crippen MR) is 73.2 cm³/mol. The molecule has 1 aliphatic rings. The lowest BCUT2D eigenvalue weighted by molar-refractivity contribution is 0.0685. The highest BCUT2D eigenvalue weighted by Gasteiger charge is 2.18. The van der Waals surface area contributed by atoms with E-state index in [4.69, 9.17) is 9.47 Å². The molecule has 2 aromatic rings. The van der Waals surface area contributed by atoms with E-state index >= 15 is 0 Å². The van der Waals surface area contributed by atoms with Gasteiger partial charge in [0.2, 0.25) is 6.79 Å². The molecule has 0 spiro atoms. The maximum absolute atomic E-state index is 11.3. The van der Waals surface area contributed by atoms with Crippen molar-refractivity contribution >= 4 is 5.97 Å². The third-order valence-corrected chi connectivity index (χ3v) is 3.32. The second-order valence-corrected chi connectivity index (χ2v) is 4.63. The molecule has 2 heterocycles. The Bertz CT molecular complexity index is 660. The SMILES string of the molecule is CCCn1c(C(=O)O)ccc1-c1ccc2c(c1)OCO2. The first-order valence-electron chi connectivity index (χ1n) is 6.53. The molecule has 0 unspecified atom stereocenters. The summed E-state index contributed by atoms with van der Waals surface area (Å²) >= 11 is 0. The van der Waals surface area contributed by atoms with Gasteiger partial charge < -0.3 is 19.1 Å². The molecule has 0 aliphatic carbocycles. The van der Waals surface area contributed by atoms with Gasteiger partial charge in [-0.15, -0.1) is 0 Å². The minimum absolute atomic E-state index is 0.231. The van der Waals surface area contributed by atoms with Crippen LogP contribution in [0.4, 0.5) is 0 Å². The van der Waals surface area contributed by atoms with Gasteiger partial charge in [-0.25, -0.2) is 4.79 Å². The summed E-state index contributed by atoms with van der Waals surface area (Å²) in [5.74, 6) is 0.509. The van der Waals surface area contributed by atoms with Crippen molar-refractivity contribution in [3.8, 4) is 22.8 Å². The largest absolute Gasteiger partial charge is 0.477 e. The van der Waals surface area contributed by atoms with E-state index < -0.39 is 5.97 Å². The van der Waals surface area contributed by atoms with Gasteiger partial charge in [0.25, 0.3) is 0 Å². The molecule has 1 aliphatic heterocycles. The Labute approximate surface area is 116 Å². The lowest BCUT2D eigenvalue weighted by atomic mass is 10.1.